The Morgan fingerprint density at radius 1 is 1.53 bits per heavy atom. The number of hydrogen-bond donors (Lipinski definition) is 1. The lowest BCUT2D eigenvalue weighted by atomic mass is 9.92. The Labute approximate surface area is 120 Å². The first-order valence-electron chi connectivity index (χ1n) is 6.25. The van der Waals surface area contributed by atoms with E-state index in [0.29, 0.717) is 13.0 Å². The summed E-state index contributed by atoms with van der Waals surface area (Å²) in [6.07, 6.45) is 1.15. The summed E-state index contributed by atoms with van der Waals surface area (Å²) in [5, 5.41) is 8.78. The molecule has 19 heavy (non-hydrogen) atoms. The maximum Gasteiger partial charge on any atom is 0.303 e. The van der Waals surface area contributed by atoms with Crippen LogP contribution in [-0.2, 0) is 9.59 Å². The third-order valence-electron chi connectivity index (χ3n) is 3.44. The quantitative estimate of drug-likeness (QED) is 0.929. The van der Waals surface area contributed by atoms with Crippen molar-refractivity contribution in [2.24, 2.45) is 5.92 Å². The second-order valence-corrected chi connectivity index (χ2v) is 5.85. The first kappa shape index (κ1) is 14.1. The number of anilines is 1. The molecule has 1 aromatic rings. The van der Waals surface area contributed by atoms with E-state index in [1.807, 2.05) is 25.1 Å². The number of amides is 1. The molecule has 1 aliphatic heterocycles. The van der Waals surface area contributed by atoms with Crippen molar-refractivity contribution in [2.45, 2.75) is 26.2 Å². The van der Waals surface area contributed by atoms with Crippen molar-refractivity contribution >= 4 is 33.5 Å². The molecule has 1 amide bonds. The molecule has 1 unspecified atom stereocenters. The standard InChI is InChI=1S/C14H16BrNO3/c1-9-6-11(15)2-3-12(9)16-5-4-10(7-13(16)17)8-14(18)19/h2-3,6,10H,4-5,7-8H2,1H3,(H,18,19). The molecule has 0 aromatic heterocycles. The highest BCUT2D eigenvalue weighted by Crippen LogP contribution is 2.29. The Hall–Kier alpha value is -1.36. The van der Waals surface area contributed by atoms with Crippen LogP contribution in [0.1, 0.15) is 24.8 Å². The summed E-state index contributed by atoms with van der Waals surface area (Å²) in [5.74, 6) is -0.842. The first-order chi connectivity index (χ1) is 8.97. The van der Waals surface area contributed by atoms with E-state index in [1.165, 1.54) is 0 Å². The number of carbonyl (C=O) groups is 2. The van der Waals surface area contributed by atoms with Gasteiger partial charge in [0.05, 0.1) is 0 Å². The number of halogens is 1. The molecular formula is C14H16BrNO3. The fraction of sp³-hybridized carbons (Fsp3) is 0.429. The fourth-order valence-corrected chi connectivity index (χ4v) is 2.97. The van der Waals surface area contributed by atoms with Gasteiger partial charge in [0.1, 0.15) is 0 Å². The highest BCUT2D eigenvalue weighted by molar-refractivity contribution is 9.10. The monoisotopic (exact) mass is 325 g/mol. The van der Waals surface area contributed by atoms with Crippen molar-refractivity contribution < 1.29 is 14.7 Å². The van der Waals surface area contributed by atoms with Gasteiger partial charge < -0.3 is 10.0 Å². The first-order valence-corrected chi connectivity index (χ1v) is 7.05. The normalized spacial score (nSPS) is 19.6. The lowest BCUT2D eigenvalue weighted by molar-refractivity contribution is -0.138. The predicted molar refractivity (Wildman–Crippen MR) is 76.2 cm³/mol. The molecule has 4 nitrogen and oxygen atoms in total. The summed E-state index contributed by atoms with van der Waals surface area (Å²) in [7, 11) is 0. The number of aliphatic carboxylic acids is 1. The molecule has 1 N–H and O–H groups in total. The highest BCUT2D eigenvalue weighted by Gasteiger charge is 2.28. The molecule has 1 aliphatic rings. The molecule has 1 atom stereocenters. The summed E-state index contributed by atoms with van der Waals surface area (Å²) >= 11 is 3.40. The van der Waals surface area contributed by atoms with Crippen molar-refractivity contribution in [1.29, 1.82) is 0 Å². The van der Waals surface area contributed by atoms with Crippen LogP contribution in [0.2, 0.25) is 0 Å². The van der Waals surface area contributed by atoms with E-state index in [9.17, 15) is 9.59 Å². The van der Waals surface area contributed by atoms with Gasteiger partial charge in [0.15, 0.2) is 0 Å². The van der Waals surface area contributed by atoms with Gasteiger partial charge >= 0.3 is 5.97 Å². The minimum absolute atomic E-state index is 0.0166. The lowest BCUT2D eigenvalue weighted by Crippen LogP contribution is -2.39. The number of nitrogens with zero attached hydrogens (tertiary/aromatic N) is 1. The summed E-state index contributed by atoms with van der Waals surface area (Å²) in [5.41, 5.74) is 1.96. The number of benzene rings is 1. The smallest absolute Gasteiger partial charge is 0.303 e. The number of carbonyl (C=O) groups excluding carboxylic acids is 1. The minimum Gasteiger partial charge on any atom is -0.481 e. The number of carboxylic acid groups (broad SMARTS) is 1. The molecule has 0 bridgehead atoms. The van der Waals surface area contributed by atoms with Crippen LogP contribution in [-0.4, -0.2) is 23.5 Å². The molecule has 1 aromatic carbocycles. The van der Waals surface area contributed by atoms with Crippen molar-refractivity contribution in [3.63, 3.8) is 0 Å². The molecular weight excluding hydrogens is 310 g/mol. The van der Waals surface area contributed by atoms with E-state index in [4.69, 9.17) is 5.11 Å². The van der Waals surface area contributed by atoms with E-state index in [2.05, 4.69) is 15.9 Å². The van der Waals surface area contributed by atoms with E-state index >= 15 is 0 Å². The van der Waals surface area contributed by atoms with E-state index in [-0.39, 0.29) is 18.2 Å². The second kappa shape index (κ2) is 5.74. The zero-order chi connectivity index (χ0) is 14.0. The Kier molecular flexibility index (Phi) is 4.24. The molecule has 1 fully saturated rings. The van der Waals surface area contributed by atoms with Crippen molar-refractivity contribution in [3.05, 3.63) is 28.2 Å². The molecule has 1 saturated heterocycles. The summed E-state index contributed by atoms with van der Waals surface area (Å²) < 4.78 is 0.988. The summed E-state index contributed by atoms with van der Waals surface area (Å²) in [6, 6.07) is 5.82. The van der Waals surface area contributed by atoms with Crippen LogP contribution in [0, 0.1) is 12.8 Å². The second-order valence-electron chi connectivity index (χ2n) is 4.93. The van der Waals surface area contributed by atoms with Gasteiger partial charge in [-0.1, -0.05) is 15.9 Å². The number of hydrogen-bond acceptors (Lipinski definition) is 2. The van der Waals surface area contributed by atoms with Crippen LogP contribution in [0.4, 0.5) is 5.69 Å². The van der Waals surface area contributed by atoms with Gasteiger partial charge in [0.25, 0.3) is 0 Å². The van der Waals surface area contributed by atoms with E-state index in [1.54, 1.807) is 4.90 Å². The van der Waals surface area contributed by atoms with Gasteiger partial charge in [0.2, 0.25) is 5.91 Å². The van der Waals surface area contributed by atoms with E-state index in [0.717, 1.165) is 22.1 Å². The van der Waals surface area contributed by atoms with Crippen LogP contribution in [0.5, 0.6) is 0 Å². The number of carboxylic acids is 1. The zero-order valence-electron chi connectivity index (χ0n) is 10.7. The average Bonchev–Trinajstić information content (AvgIpc) is 2.30. The average molecular weight is 326 g/mol. The maximum atomic E-state index is 12.1. The topological polar surface area (TPSA) is 57.6 Å². The van der Waals surface area contributed by atoms with Crippen LogP contribution >= 0.6 is 15.9 Å². The minimum atomic E-state index is -0.828. The molecule has 0 spiro atoms. The lowest BCUT2D eigenvalue weighted by Gasteiger charge is -2.32. The largest absolute Gasteiger partial charge is 0.481 e. The Morgan fingerprint density at radius 2 is 2.26 bits per heavy atom. The van der Waals surface area contributed by atoms with Gasteiger partial charge in [-0.15, -0.1) is 0 Å². The molecule has 1 heterocycles. The number of rotatable bonds is 3. The van der Waals surface area contributed by atoms with Crippen LogP contribution in [0.25, 0.3) is 0 Å². The molecule has 102 valence electrons. The number of piperidine rings is 1. The van der Waals surface area contributed by atoms with E-state index < -0.39 is 5.97 Å². The summed E-state index contributed by atoms with van der Waals surface area (Å²) in [4.78, 5) is 24.6. The molecule has 0 radical (unpaired) electrons. The third-order valence-corrected chi connectivity index (χ3v) is 3.93. The Morgan fingerprint density at radius 3 is 2.84 bits per heavy atom. The van der Waals surface area contributed by atoms with Gasteiger partial charge in [-0.05, 0) is 43.0 Å². The van der Waals surface area contributed by atoms with Crippen LogP contribution < -0.4 is 4.90 Å². The summed E-state index contributed by atoms with van der Waals surface area (Å²) in [6.45, 7) is 2.57. The van der Waals surface area contributed by atoms with Crippen LogP contribution in [0.3, 0.4) is 0 Å². The maximum absolute atomic E-state index is 12.1. The van der Waals surface area contributed by atoms with Gasteiger partial charge in [-0.25, -0.2) is 0 Å². The Bertz CT molecular complexity index is 515. The van der Waals surface area contributed by atoms with Crippen molar-refractivity contribution in [1.82, 2.24) is 0 Å². The zero-order valence-corrected chi connectivity index (χ0v) is 12.3. The predicted octanol–water partition coefficient (Wildman–Crippen LogP) is 2.98. The third kappa shape index (κ3) is 3.35. The van der Waals surface area contributed by atoms with Crippen molar-refractivity contribution in [2.75, 3.05) is 11.4 Å². The fourth-order valence-electron chi connectivity index (χ4n) is 2.49. The Balaban J connectivity index is 2.11. The van der Waals surface area contributed by atoms with Gasteiger partial charge in [-0.2, -0.15) is 0 Å². The molecule has 0 saturated carbocycles. The van der Waals surface area contributed by atoms with Crippen LogP contribution in [0.15, 0.2) is 22.7 Å². The molecule has 2 rings (SSSR count). The number of aryl methyl sites for hydroxylation is 1. The van der Waals surface area contributed by atoms with Gasteiger partial charge in [0, 0.05) is 29.5 Å². The van der Waals surface area contributed by atoms with Crippen molar-refractivity contribution in [3.8, 4) is 0 Å². The highest BCUT2D eigenvalue weighted by atomic mass is 79.9. The molecule has 0 aliphatic carbocycles. The molecule has 5 heteroatoms. The van der Waals surface area contributed by atoms with Gasteiger partial charge in [-0.3, -0.25) is 9.59 Å². The SMILES string of the molecule is Cc1cc(Br)ccc1N1CCC(CC(=O)O)CC1=O.